The number of hydrogen-bond acceptors (Lipinski definition) is 1. The van der Waals surface area contributed by atoms with Crippen LogP contribution in [0.3, 0.4) is 0 Å². The number of hydrogen-bond donors (Lipinski definition) is 1. The van der Waals surface area contributed by atoms with E-state index in [1.165, 1.54) is 134 Å². The first-order chi connectivity index (χ1) is 35.7. The number of nitrogens with one attached hydrogen (secondary N) is 1. The van der Waals surface area contributed by atoms with Crippen LogP contribution in [0.25, 0.3) is 60.5 Å². The molecule has 2 aliphatic carbocycles. The summed E-state index contributed by atoms with van der Waals surface area (Å²) in [5.41, 5.74) is 25.9. The summed E-state index contributed by atoms with van der Waals surface area (Å²) in [4.78, 5) is 0. The largest absolute Gasteiger partial charge is 0.355 e. The number of nitrogens with zero attached hydrogens (tertiary/aromatic N) is 1. The van der Waals surface area contributed by atoms with E-state index >= 15 is 0 Å². The van der Waals surface area contributed by atoms with Gasteiger partial charge in [0.2, 0.25) is 0 Å². The van der Waals surface area contributed by atoms with Crippen LogP contribution in [-0.4, -0.2) is 11.8 Å². The van der Waals surface area contributed by atoms with Gasteiger partial charge >= 0.3 is 0 Å². The van der Waals surface area contributed by atoms with E-state index in [9.17, 15) is 0 Å². The molecule has 0 atom stereocenters. The fourth-order valence-corrected chi connectivity index (χ4v) is 13.6. The van der Waals surface area contributed by atoms with Gasteiger partial charge in [-0.1, -0.05) is 210 Å². The van der Waals surface area contributed by atoms with Crippen LogP contribution in [-0.2, 0) is 27.1 Å². The van der Waals surface area contributed by atoms with E-state index in [1.807, 2.05) is 0 Å². The highest BCUT2D eigenvalue weighted by Gasteiger charge is 2.43. The number of anilines is 2. The summed E-state index contributed by atoms with van der Waals surface area (Å²) in [6.07, 6.45) is 2.37. The molecule has 0 saturated heterocycles. The van der Waals surface area contributed by atoms with Gasteiger partial charge in [0, 0.05) is 50.2 Å². The van der Waals surface area contributed by atoms with Gasteiger partial charge in [-0.05, 0) is 166 Å². The Morgan fingerprint density at radius 1 is 0.507 bits per heavy atom. The molecule has 2 heterocycles. The number of benzene rings is 9. The second kappa shape index (κ2) is 16.5. The minimum Gasteiger partial charge on any atom is -0.355 e. The Labute approximate surface area is 446 Å². The molecule has 3 aliphatic rings. The maximum atomic E-state index is 4.15. The average molecular weight is 974 g/mol. The van der Waals surface area contributed by atoms with Crippen molar-refractivity contribution in [1.29, 1.82) is 0 Å². The van der Waals surface area contributed by atoms with Crippen molar-refractivity contribution in [3.8, 4) is 27.9 Å². The molecule has 2 nitrogen and oxygen atoms in total. The van der Waals surface area contributed by atoms with Crippen molar-refractivity contribution < 1.29 is 0 Å². The van der Waals surface area contributed by atoms with E-state index in [0.29, 0.717) is 0 Å². The van der Waals surface area contributed by atoms with Gasteiger partial charge in [0.05, 0.1) is 5.52 Å². The molecule has 0 unspecified atom stereocenters. The van der Waals surface area contributed by atoms with E-state index in [4.69, 9.17) is 0 Å². The highest BCUT2D eigenvalue weighted by molar-refractivity contribution is 6.73. The van der Waals surface area contributed by atoms with Crippen molar-refractivity contribution in [1.82, 2.24) is 4.57 Å². The lowest BCUT2D eigenvalue weighted by atomic mass is 9.57. The van der Waals surface area contributed by atoms with Gasteiger partial charge in [-0.3, -0.25) is 0 Å². The summed E-state index contributed by atoms with van der Waals surface area (Å²) in [6.45, 7) is 28.7. The molecular formula is C72H70BN2. The zero-order chi connectivity index (χ0) is 52.1. The van der Waals surface area contributed by atoms with Gasteiger partial charge in [-0.2, -0.15) is 0 Å². The van der Waals surface area contributed by atoms with Crippen LogP contribution in [0.2, 0.25) is 0 Å². The molecule has 0 saturated carbocycles. The standard InChI is InChI=1S/C72H70BN2/c1-68(2,3)46-28-31-48(32-29-46)74-60-41-51-50-39-57-58(71(9,10)36-35-70(57,7)8)42-56(50)72(11,12)55(51)40-52(60)53-38-54(63(44-22-15-13-16-23-44)45-24-17-14-18-25-45)65-64-49-26-20-19-21-43(49)27-33-62(64)75-61-34-30-47(69(4,5)6)37-59(61)73-66(53)67(65)75/h13-34,37-42,63,74H,35-36H2,1-12H3. The van der Waals surface area contributed by atoms with Gasteiger partial charge in [0.15, 0.2) is 7.28 Å². The topological polar surface area (TPSA) is 17.0 Å². The van der Waals surface area contributed by atoms with Crippen molar-refractivity contribution in [3.63, 3.8) is 0 Å². The third kappa shape index (κ3) is 7.42. The molecule has 0 bridgehead atoms. The second-order valence-electron chi connectivity index (χ2n) is 26.3. The summed E-state index contributed by atoms with van der Waals surface area (Å²) in [6, 6.07) is 65.7. The lowest BCUT2D eigenvalue weighted by Gasteiger charge is -2.42. The molecule has 1 radical (unpaired) electrons. The van der Waals surface area contributed by atoms with Crippen molar-refractivity contribution in [3.05, 3.63) is 220 Å². The second-order valence-corrected chi connectivity index (χ2v) is 26.3. The maximum Gasteiger partial charge on any atom is 0.197 e. The molecule has 1 N–H and O–H groups in total. The summed E-state index contributed by atoms with van der Waals surface area (Å²) >= 11 is 0. The molecule has 1 aliphatic heterocycles. The van der Waals surface area contributed by atoms with Crippen LogP contribution in [0, 0.1) is 0 Å². The summed E-state index contributed by atoms with van der Waals surface area (Å²) < 4.78 is 2.63. The quantitative estimate of drug-likeness (QED) is 0.130. The number of rotatable bonds is 6. The van der Waals surface area contributed by atoms with Crippen LogP contribution in [0.4, 0.5) is 11.4 Å². The van der Waals surface area contributed by atoms with E-state index in [0.717, 1.165) is 11.4 Å². The lowest BCUT2D eigenvalue weighted by Crippen LogP contribution is -2.38. The third-order valence-electron chi connectivity index (χ3n) is 18.1. The molecule has 9 aromatic carbocycles. The molecular weight excluding hydrogens is 904 g/mol. The predicted molar refractivity (Wildman–Crippen MR) is 323 cm³/mol. The summed E-state index contributed by atoms with van der Waals surface area (Å²) in [7, 11) is 2.54. The first kappa shape index (κ1) is 47.6. The molecule has 13 rings (SSSR count). The molecule has 10 aromatic rings. The zero-order valence-electron chi connectivity index (χ0n) is 46.2. The van der Waals surface area contributed by atoms with E-state index in [-0.39, 0.29) is 33.0 Å². The van der Waals surface area contributed by atoms with Gasteiger partial charge < -0.3 is 9.88 Å². The Morgan fingerprint density at radius 2 is 1.08 bits per heavy atom. The Hall–Kier alpha value is -7.10. The zero-order valence-corrected chi connectivity index (χ0v) is 46.2. The highest BCUT2D eigenvalue weighted by Crippen LogP contribution is 2.57. The molecule has 0 fully saturated rings. The summed E-state index contributed by atoms with van der Waals surface area (Å²) in [5, 5.41) is 9.30. The van der Waals surface area contributed by atoms with E-state index in [1.54, 1.807) is 0 Å². The van der Waals surface area contributed by atoms with Gasteiger partial charge in [0.25, 0.3) is 0 Å². The van der Waals surface area contributed by atoms with Gasteiger partial charge in [-0.25, -0.2) is 0 Å². The average Bonchev–Trinajstić information content (AvgIpc) is 3.85. The normalized spacial score (nSPS) is 15.9. The van der Waals surface area contributed by atoms with Crippen molar-refractivity contribution in [2.75, 3.05) is 5.32 Å². The highest BCUT2D eigenvalue weighted by atomic mass is 15.0. The van der Waals surface area contributed by atoms with Crippen LogP contribution >= 0.6 is 0 Å². The Morgan fingerprint density at radius 3 is 1.73 bits per heavy atom. The smallest absolute Gasteiger partial charge is 0.197 e. The minimum absolute atomic E-state index is 0.0252. The molecule has 75 heavy (non-hydrogen) atoms. The predicted octanol–water partition coefficient (Wildman–Crippen LogP) is 17.7. The van der Waals surface area contributed by atoms with Crippen LogP contribution in [0.1, 0.15) is 152 Å². The monoisotopic (exact) mass is 974 g/mol. The van der Waals surface area contributed by atoms with Crippen LogP contribution in [0.15, 0.2) is 170 Å². The number of fused-ring (bicyclic) bond motifs is 11. The fraction of sp³-hybridized carbons (Fsp3) is 0.278. The molecule has 0 spiro atoms. The number of aromatic nitrogens is 1. The molecule has 1 aromatic heterocycles. The van der Waals surface area contributed by atoms with Gasteiger partial charge in [0.1, 0.15) is 0 Å². The Kier molecular flexibility index (Phi) is 10.4. The Balaban J connectivity index is 1.18. The first-order valence-corrected chi connectivity index (χ1v) is 27.6. The first-order valence-electron chi connectivity index (χ1n) is 27.6. The molecule has 0 amide bonds. The van der Waals surface area contributed by atoms with Crippen LogP contribution in [0.5, 0.6) is 0 Å². The SMILES string of the molecule is CC(C)(C)c1ccc(Nc2cc3c(cc2-c2cc(C(c4ccccc4)c4ccccc4)c4c5c6ccccc6ccc5n5c4c2[B]c2cc(C(C)(C)C)ccc2-5)C(C)(C)c2cc4c(cc2-3)C(C)(C)CCC4(C)C)cc1. The van der Waals surface area contributed by atoms with E-state index < -0.39 is 0 Å². The minimum atomic E-state index is -0.245. The summed E-state index contributed by atoms with van der Waals surface area (Å²) in [5.74, 6) is -0.0580. The molecule has 371 valence electrons. The Bertz CT molecular complexity index is 3930. The maximum absolute atomic E-state index is 4.15. The molecule has 3 heteroatoms. The van der Waals surface area contributed by atoms with Crippen LogP contribution < -0.4 is 16.2 Å². The van der Waals surface area contributed by atoms with Crippen molar-refractivity contribution in [2.24, 2.45) is 0 Å². The van der Waals surface area contributed by atoms with Crippen molar-refractivity contribution in [2.45, 2.75) is 129 Å². The van der Waals surface area contributed by atoms with Crippen molar-refractivity contribution >= 4 is 62.2 Å². The lowest BCUT2D eigenvalue weighted by molar-refractivity contribution is 0.331. The van der Waals surface area contributed by atoms with Gasteiger partial charge in [-0.15, -0.1) is 0 Å². The fourth-order valence-electron chi connectivity index (χ4n) is 13.6. The third-order valence-corrected chi connectivity index (χ3v) is 18.1. The van der Waals surface area contributed by atoms with E-state index in [2.05, 4.69) is 270 Å².